The summed E-state index contributed by atoms with van der Waals surface area (Å²) < 4.78 is 0. The van der Waals surface area contributed by atoms with Crippen molar-refractivity contribution < 1.29 is 0 Å². The van der Waals surface area contributed by atoms with Gasteiger partial charge in [0.15, 0.2) is 0 Å². The fourth-order valence-electron chi connectivity index (χ4n) is 7.14. The molecule has 0 fully saturated rings. The molecule has 2 aliphatic rings. The molecule has 2 aliphatic heterocycles. The molecule has 0 saturated heterocycles. The summed E-state index contributed by atoms with van der Waals surface area (Å²) in [6.45, 7) is 0. The first-order valence-corrected chi connectivity index (χ1v) is 16.8. The molecule has 0 unspecified atom stereocenters. The molecule has 8 N–H and O–H groups in total. The zero-order valence-corrected chi connectivity index (χ0v) is 27.6. The van der Waals surface area contributed by atoms with Gasteiger partial charge in [0, 0.05) is 78.1 Å². The van der Waals surface area contributed by atoms with Gasteiger partial charge < -0.3 is 27.2 Å². The molecule has 0 radical (unpaired) electrons. The van der Waals surface area contributed by atoms with Crippen LogP contribution in [0.3, 0.4) is 0 Å². The van der Waals surface area contributed by atoms with Crippen LogP contribution in [0.1, 0.15) is 22.8 Å². The number of benzene rings is 4. The second-order valence-corrected chi connectivity index (χ2v) is 12.6. The smallest absolute Gasteiger partial charge is 0.0738 e. The van der Waals surface area contributed by atoms with Crippen LogP contribution < -0.4 is 17.2 Å². The Morgan fingerprint density at radius 1 is 0.333 bits per heavy atom. The Morgan fingerprint density at radius 3 is 1.08 bits per heavy atom. The summed E-state index contributed by atoms with van der Waals surface area (Å²) in [4.78, 5) is 18.1. The summed E-state index contributed by atoms with van der Waals surface area (Å²) in [7, 11) is 0. The summed E-state index contributed by atoms with van der Waals surface area (Å²) >= 11 is 0. The monoisotopic (exact) mass is 659 g/mol. The summed E-state index contributed by atoms with van der Waals surface area (Å²) in [5.74, 6) is 0. The van der Waals surface area contributed by atoms with Crippen molar-refractivity contribution in [3.8, 4) is 44.5 Å². The number of nitrogens with two attached hydrogens (primary N) is 3. The Bertz CT molecular complexity index is 2590. The maximum absolute atomic E-state index is 6.66. The molecule has 0 spiro atoms. The minimum absolute atomic E-state index is 0.635. The van der Waals surface area contributed by atoms with Crippen LogP contribution in [0.2, 0.25) is 0 Å². The maximum Gasteiger partial charge on any atom is 0.0738 e. The molecule has 4 aromatic carbocycles. The molecule has 0 atom stereocenters. The lowest BCUT2D eigenvalue weighted by molar-refractivity contribution is 1.28. The first-order chi connectivity index (χ1) is 25.0. The van der Waals surface area contributed by atoms with E-state index in [9.17, 15) is 0 Å². The van der Waals surface area contributed by atoms with Crippen molar-refractivity contribution in [1.29, 1.82) is 0 Å². The molecular formula is C44H33N7. The van der Waals surface area contributed by atoms with Crippen molar-refractivity contribution >= 4 is 63.4 Å². The third-order valence-corrected chi connectivity index (χ3v) is 9.51. The largest absolute Gasteiger partial charge is 0.398 e. The predicted molar refractivity (Wildman–Crippen MR) is 214 cm³/mol. The topological polar surface area (TPSA) is 135 Å². The number of nitrogens with zero attached hydrogens (tertiary/aromatic N) is 2. The minimum atomic E-state index is 0.635. The number of nitrogens with one attached hydrogen (secondary N) is 2. The second-order valence-electron chi connectivity index (χ2n) is 12.6. The van der Waals surface area contributed by atoms with Crippen molar-refractivity contribution in [1.82, 2.24) is 19.9 Å². The molecule has 8 bridgehead atoms. The SMILES string of the molecule is Nc1ccccc1-c1c2nc(c(-c3ccccc3N)c3ccc([nH]3)c(-c3ccccc3)c3ccc([nH]3)c(-c3ccccc3N)c3nc1C=C3)C=C2. The van der Waals surface area contributed by atoms with Crippen LogP contribution in [-0.2, 0) is 0 Å². The van der Waals surface area contributed by atoms with Gasteiger partial charge >= 0.3 is 0 Å². The number of anilines is 3. The fraction of sp³-hybridized carbons (Fsp3) is 0. The summed E-state index contributed by atoms with van der Waals surface area (Å²) in [6, 6.07) is 42.4. The van der Waals surface area contributed by atoms with Crippen molar-refractivity contribution in [2.45, 2.75) is 0 Å². The van der Waals surface area contributed by atoms with E-state index in [1.165, 1.54) is 0 Å². The Morgan fingerprint density at radius 2 is 0.667 bits per heavy atom. The normalized spacial score (nSPS) is 12.0. The van der Waals surface area contributed by atoms with Gasteiger partial charge in [0.1, 0.15) is 0 Å². The summed E-state index contributed by atoms with van der Waals surface area (Å²) in [5, 5.41) is 0. The molecule has 5 heterocycles. The van der Waals surface area contributed by atoms with Crippen LogP contribution in [-0.4, -0.2) is 19.9 Å². The highest BCUT2D eigenvalue weighted by molar-refractivity contribution is 6.02. The van der Waals surface area contributed by atoms with Gasteiger partial charge in [0.05, 0.1) is 22.8 Å². The van der Waals surface area contributed by atoms with Crippen molar-refractivity contribution in [3.05, 3.63) is 150 Å². The lowest BCUT2D eigenvalue weighted by atomic mass is 10.0. The molecule has 7 nitrogen and oxygen atoms in total. The minimum Gasteiger partial charge on any atom is -0.398 e. The highest BCUT2D eigenvalue weighted by atomic mass is 14.8. The summed E-state index contributed by atoms with van der Waals surface area (Å²) in [5.41, 5.74) is 35.9. The Balaban J connectivity index is 1.51. The Kier molecular flexibility index (Phi) is 7.10. The molecule has 244 valence electrons. The third-order valence-electron chi connectivity index (χ3n) is 9.51. The van der Waals surface area contributed by atoms with Gasteiger partial charge in [-0.2, -0.15) is 0 Å². The van der Waals surface area contributed by atoms with E-state index in [1.54, 1.807) is 0 Å². The van der Waals surface area contributed by atoms with Crippen LogP contribution in [0.5, 0.6) is 0 Å². The number of rotatable bonds is 4. The third kappa shape index (κ3) is 5.16. The van der Waals surface area contributed by atoms with Crippen molar-refractivity contribution in [2.24, 2.45) is 0 Å². The standard InChI is InChI=1S/C44H33N7/c45-30-15-7-4-12-27(30)42-35-20-18-33(48-35)41(26-10-2-1-3-11-26)34-19-21-36(49-34)43(28-13-5-8-16-31(28)46)38-23-25-40(51-38)44(39-24-22-37(42)50-39)29-14-6-9-17-32(29)47/h1-25,48-49H,45-47H2. The van der Waals surface area contributed by atoms with Gasteiger partial charge in [-0.1, -0.05) is 84.9 Å². The molecular weight excluding hydrogens is 627 g/mol. The highest BCUT2D eigenvalue weighted by Gasteiger charge is 2.21. The lowest BCUT2D eigenvalue weighted by Crippen LogP contribution is -1.96. The first kappa shape index (κ1) is 30.0. The average Bonchev–Trinajstić information content (AvgIpc) is 3.99. The zero-order valence-electron chi connectivity index (χ0n) is 27.6. The molecule has 3 aromatic heterocycles. The number of para-hydroxylation sites is 3. The first-order valence-electron chi connectivity index (χ1n) is 16.8. The van der Waals surface area contributed by atoms with Gasteiger partial charge in [0.25, 0.3) is 0 Å². The number of hydrogen-bond donors (Lipinski definition) is 5. The lowest BCUT2D eigenvalue weighted by Gasteiger charge is -2.09. The van der Waals surface area contributed by atoms with Crippen LogP contribution in [0.15, 0.2) is 127 Å². The van der Waals surface area contributed by atoms with E-state index in [1.807, 2.05) is 103 Å². The zero-order chi connectivity index (χ0) is 34.5. The Labute approximate surface area is 294 Å². The number of hydrogen-bond acceptors (Lipinski definition) is 5. The van der Waals surface area contributed by atoms with E-state index in [4.69, 9.17) is 27.2 Å². The quantitative estimate of drug-likeness (QED) is 0.120. The number of H-pyrrole nitrogens is 2. The van der Waals surface area contributed by atoms with E-state index in [-0.39, 0.29) is 0 Å². The van der Waals surface area contributed by atoms with Crippen LogP contribution in [0, 0.1) is 0 Å². The van der Waals surface area contributed by atoms with E-state index in [0.717, 1.165) is 89.4 Å². The molecule has 9 rings (SSSR count). The average molecular weight is 660 g/mol. The second kappa shape index (κ2) is 12.1. The van der Waals surface area contributed by atoms with E-state index >= 15 is 0 Å². The van der Waals surface area contributed by atoms with E-state index in [0.29, 0.717) is 17.1 Å². The summed E-state index contributed by atoms with van der Waals surface area (Å²) in [6.07, 6.45) is 8.15. The number of aromatic amines is 2. The van der Waals surface area contributed by atoms with Gasteiger partial charge in [-0.3, -0.25) is 0 Å². The molecule has 0 amide bonds. The van der Waals surface area contributed by atoms with Crippen LogP contribution in [0.25, 0.3) is 90.9 Å². The number of aromatic nitrogens is 4. The number of fused-ring (bicyclic) bond motifs is 8. The van der Waals surface area contributed by atoms with Crippen molar-refractivity contribution in [3.63, 3.8) is 0 Å². The van der Waals surface area contributed by atoms with Gasteiger partial charge in [-0.05, 0) is 72.3 Å². The molecule has 51 heavy (non-hydrogen) atoms. The maximum atomic E-state index is 6.66. The molecule has 0 aliphatic carbocycles. The van der Waals surface area contributed by atoms with Gasteiger partial charge in [0.2, 0.25) is 0 Å². The highest BCUT2D eigenvalue weighted by Crippen LogP contribution is 2.41. The predicted octanol–water partition coefficient (Wildman–Crippen LogP) is 10.1. The van der Waals surface area contributed by atoms with E-state index < -0.39 is 0 Å². The van der Waals surface area contributed by atoms with Gasteiger partial charge in [-0.15, -0.1) is 0 Å². The molecule has 0 saturated carbocycles. The van der Waals surface area contributed by atoms with Crippen LogP contribution in [0.4, 0.5) is 17.1 Å². The number of nitrogen functional groups attached to an aromatic ring is 3. The van der Waals surface area contributed by atoms with Crippen molar-refractivity contribution in [2.75, 3.05) is 17.2 Å². The molecule has 7 heteroatoms. The Hall–Kier alpha value is -7.12. The van der Waals surface area contributed by atoms with Gasteiger partial charge in [-0.25, -0.2) is 9.97 Å². The molecule has 7 aromatic rings. The fourth-order valence-corrected chi connectivity index (χ4v) is 7.14. The van der Waals surface area contributed by atoms with E-state index in [2.05, 4.69) is 58.5 Å². The van der Waals surface area contributed by atoms with Crippen LogP contribution >= 0.6 is 0 Å².